The van der Waals surface area contributed by atoms with Gasteiger partial charge in [-0.25, -0.2) is 0 Å². The molecule has 3 rings (SSSR count). The molecule has 0 unspecified atom stereocenters. The van der Waals surface area contributed by atoms with Gasteiger partial charge in [-0.2, -0.15) is 0 Å². The minimum atomic E-state index is 0.0671. The van der Waals surface area contributed by atoms with Crippen molar-refractivity contribution in [2.24, 2.45) is 0 Å². The number of amides is 1. The van der Waals surface area contributed by atoms with Crippen LogP contribution in [-0.2, 0) is 4.79 Å². The Morgan fingerprint density at radius 1 is 1.48 bits per heavy atom. The summed E-state index contributed by atoms with van der Waals surface area (Å²) in [5, 5.41) is 3.29. The van der Waals surface area contributed by atoms with E-state index in [0.717, 1.165) is 36.7 Å². The zero-order valence-electron chi connectivity index (χ0n) is 12.4. The molecule has 0 saturated carbocycles. The van der Waals surface area contributed by atoms with Crippen molar-refractivity contribution in [3.8, 4) is 11.5 Å². The number of fused-ring (bicyclic) bond motifs is 1. The van der Waals surface area contributed by atoms with Crippen LogP contribution < -0.4 is 14.8 Å². The quantitative estimate of drug-likeness (QED) is 0.891. The molecule has 5 heteroatoms. The molecular weight excluding hydrogens is 268 g/mol. The fourth-order valence-corrected chi connectivity index (χ4v) is 2.73. The van der Waals surface area contributed by atoms with Crippen LogP contribution in [0.5, 0.6) is 11.5 Å². The van der Waals surface area contributed by atoms with Crippen molar-refractivity contribution in [2.75, 3.05) is 33.4 Å². The minimum Gasteiger partial charge on any atom is -0.497 e. The molecule has 1 aromatic rings. The van der Waals surface area contributed by atoms with Gasteiger partial charge in [0, 0.05) is 31.2 Å². The van der Waals surface area contributed by atoms with Crippen molar-refractivity contribution in [1.29, 1.82) is 0 Å². The van der Waals surface area contributed by atoms with E-state index in [1.807, 2.05) is 29.2 Å². The van der Waals surface area contributed by atoms with Gasteiger partial charge in [-0.1, -0.05) is 0 Å². The molecule has 112 valence electrons. The summed E-state index contributed by atoms with van der Waals surface area (Å²) in [5.41, 5.74) is 1.59. The van der Waals surface area contributed by atoms with Crippen molar-refractivity contribution in [3.63, 3.8) is 0 Å². The maximum absolute atomic E-state index is 12.6. The lowest BCUT2D eigenvalue weighted by molar-refractivity contribution is -0.130. The molecule has 1 atom stereocenters. The number of nitrogens with zero attached hydrogens (tertiary/aromatic N) is 1. The Morgan fingerprint density at radius 2 is 2.33 bits per heavy atom. The van der Waals surface area contributed by atoms with Crippen LogP contribution in [0, 0.1) is 0 Å². The van der Waals surface area contributed by atoms with Crippen LogP contribution >= 0.6 is 0 Å². The highest BCUT2D eigenvalue weighted by Crippen LogP contribution is 2.30. The number of piperazine rings is 1. The average Bonchev–Trinajstić information content (AvgIpc) is 2.53. The fourth-order valence-electron chi connectivity index (χ4n) is 2.73. The molecule has 0 spiro atoms. The molecule has 1 amide bonds. The third-order valence-corrected chi connectivity index (χ3v) is 3.97. The predicted molar refractivity (Wildman–Crippen MR) is 80.5 cm³/mol. The van der Waals surface area contributed by atoms with Crippen molar-refractivity contribution in [3.05, 3.63) is 29.3 Å². The second kappa shape index (κ2) is 5.77. The molecule has 21 heavy (non-hydrogen) atoms. The fraction of sp³-hybridized carbons (Fsp3) is 0.438. The van der Waals surface area contributed by atoms with E-state index in [4.69, 9.17) is 9.47 Å². The molecule has 2 heterocycles. The van der Waals surface area contributed by atoms with E-state index in [-0.39, 0.29) is 11.9 Å². The van der Waals surface area contributed by atoms with E-state index in [1.165, 1.54) is 0 Å². The van der Waals surface area contributed by atoms with Gasteiger partial charge in [0.25, 0.3) is 5.91 Å². The van der Waals surface area contributed by atoms with E-state index in [1.54, 1.807) is 7.11 Å². The molecule has 1 aromatic carbocycles. The molecule has 2 aliphatic heterocycles. The van der Waals surface area contributed by atoms with Crippen molar-refractivity contribution < 1.29 is 14.3 Å². The van der Waals surface area contributed by atoms with Gasteiger partial charge in [-0.05, 0) is 31.2 Å². The molecule has 0 bridgehead atoms. The lowest BCUT2D eigenvalue weighted by Crippen LogP contribution is -2.53. The molecule has 2 aliphatic rings. The smallest absolute Gasteiger partial charge is 0.253 e. The molecular formula is C16H20N2O3. The Bertz CT molecular complexity index is 583. The molecule has 0 aromatic heterocycles. The highest BCUT2D eigenvalue weighted by molar-refractivity contribution is 5.99. The van der Waals surface area contributed by atoms with Crippen LogP contribution in [-0.4, -0.2) is 50.2 Å². The number of hydrogen-bond donors (Lipinski definition) is 1. The van der Waals surface area contributed by atoms with Gasteiger partial charge in [-0.3, -0.25) is 4.79 Å². The third kappa shape index (κ3) is 2.74. The Labute approximate surface area is 124 Å². The normalized spacial score (nSPS) is 21.1. The first-order chi connectivity index (χ1) is 10.2. The molecule has 1 saturated heterocycles. The van der Waals surface area contributed by atoms with Crippen LogP contribution in [0.3, 0.4) is 0 Å². The van der Waals surface area contributed by atoms with E-state index in [2.05, 4.69) is 12.2 Å². The van der Waals surface area contributed by atoms with Crippen LogP contribution in [0.2, 0.25) is 0 Å². The summed E-state index contributed by atoms with van der Waals surface area (Å²) in [6.07, 6.45) is 1.92. The van der Waals surface area contributed by atoms with Crippen LogP contribution in [0.4, 0.5) is 0 Å². The van der Waals surface area contributed by atoms with Gasteiger partial charge >= 0.3 is 0 Å². The number of methoxy groups -OCH3 is 1. The number of hydrogen-bond acceptors (Lipinski definition) is 4. The predicted octanol–water partition coefficient (Wildman–Crippen LogP) is 1.29. The summed E-state index contributed by atoms with van der Waals surface area (Å²) in [7, 11) is 1.63. The van der Waals surface area contributed by atoms with Gasteiger partial charge in [-0.15, -0.1) is 0 Å². The summed E-state index contributed by atoms with van der Waals surface area (Å²) in [6.45, 7) is 4.81. The summed E-state index contributed by atoms with van der Waals surface area (Å²) < 4.78 is 10.9. The van der Waals surface area contributed by atoms with E-state index < -0.39 is 0 Å². The number of nitrogens with one attached hydrogen (secondary N) is 1. The highest BCUT2D eigenvalue weighted by atomic mass is 16.5. The van der Waals surface area contributed by atoms with Gasteiger partial charge in [0.15, 0.2) is 0 Å². The standard InChI is InChI=1S/C16H20N2O3/c1-11-9-17-5-6-18(11)16(19)13-7-12-8-14(20-2)3-4-15(12)21-10-13/h3-4,7-8,11,17H,5-6,9-10H2,1-2H3/t11-/m1/s1. The Hall–Kier alpha value is -2.01. The SMILES string of the molecule is COc1ccc2c(c1)C=C(C(=O)N1CCNC[C@H]1C)CO2. The number of benzene rings is 1. The summed E-state index contributed by atoms with van der Waals surface area (Å²) in [5.74, 6) is 1.62. The van der Waals surface area contributed by atoms with Gasteiger partial charge in [0.05, 0.1) is 12.7 Å². The number of carbonyl (C=O) groups is 1. The topological polar surface area (TPSA) is 50.8 Å². The molecule has 5 nitrogen and oxygen atoms in total. The maximum Gasteiger partial charge on any atom is 0.253 e. The van der Waals surface area contributed by atoms with E-state index in [9.17, 15) is 4.79 Å². The Balaban J connectivity index is 1.85. The Morgan fingerprint density at radius 3 is 3.10 bits per heavy atom. The lowest BCUT2D eigenvalue weighted by atomic mass is 10.0. The summed E-state index contributed by atoms with van der Waals surface area (Å²) >= 11 is 0. The zero-order valence-corrected chi connectivity index (χ0v) is 12.4. The van der Waals surface area contributed by atoms with Crippen LogP contribution in [0.15, 0.2) is 23.8 Å². The minimum absolute atomic E-state index is 0.0671. The van der Waals surface area contributed by atoms with Gasteiger partial charge < -0.3 is 19.7 Å². The molecule has 1 fully saturated rings. The average molecular weight is 288 g/mol. The third-order valence-electron chi connectivity index (χ3n) is 3.97. The summed E-state index contributed by atoms with van der Waals surface area (Å²) in [6, 6.07) is 5.83. The van der Waals surface area contributed by atoms with Crippen LogP contribution in [0.25, 0.3) is 6.08 Å². The van der Waals surface area contributed by atoms with Crippen LogP contribution in [0.1, 0.15) is 12.5 Å². The largest absolute Gasteiger partial charge is 0.497 e. The van der Waals surface area contributed by atoms with E-state index in [0.29, 0.717) is 12.2 Å². The van der Waals surface area contributed by atoms with Crippen molar-refractivity contribution >= 4 is 12.0 Å². The van der Waals surface area contributed by atoms with E-state index >= 15 is 0 Å². The van der Waals surface area contributed by atoms with Crippen molar-refractivity contribution in [1.82, 2.24) is 10.2 Å². The highest BCUT2D eigenvalue weighted by Gasteiger charge is 2.27. The molecule has 0 aliphatic carbocycles. The first-order valence-electron chi connectivity index (χ1n) is 7.22. The van der Waals surface area contributed by atoms with Crippen molar-refractivity contribution in [2.45, 2.75) is 13.0 Å². The first-order valence-corrected chi connectivity index (χ1v) is 7.22. The monoisotopic (exact) mass is 288 g/mol. The zero-order chi connectivity index (χ0) is 14.8. The molecule has 0 radical (unpaired) electrons. The maximum atomic E-state index is 12.6. The lowest BCUT2D eigenvalue weighted by Gasteiger charge is -2.35. The number of carbonyl (C=O) groups excluding carboxylic acids is 1. The van der Waals surface area contributed by atoms with Gasteiger partial charge in [0.2, 0.25) is 0 Å². The second-order valence-electron chi connectivity index (χ2n) is 5.41. The Kier molecular flexibility index (Phi) is 3.84. The second-order valence-corrected chi connectivity index (χ2v) is 5.41. The van der Waals surface area contributed by atoms with Gasteiger partial charge in [0.1, 0.15) is 18.1 Å². The summed E-state index contributed by atoms with van der Waals surface area (Å²) in [4.78, 5) is 14.6. The molecule has 1 N–H and O–H groups in total. The number of ether oxygens (including phenoxy) is 2. The first kappa shape index (κ1) is 13.9. The number of rotatable bonds is 2.